The first-order chi connectivity index (χ1) is 15.7. The van der Waals surface area contributed by atoms with E-state index in [1.165, 1.54) is 51.6 Å². The smallest absolute Gasteiger partial charge is 0.0596 e. The number of nitrogens with zero attached hydrogens (tertiary/aromatic N) is 4. The summed E-state index contributed by atoms with van der Waals surface area (Å²) in [6, 6.07) is 0. The fourth-order valence-electron chi connectivity index (χ4n) is 3.99. The Labute approximate surface area is 195 Å². The molecule has 0 aromatic carbocycles. The van der Waals surface area contributed by atoms with E-state index in [9.17, 15) is 0 Å². The number of rotatable bonds is 14. The molecule has 0 bridgehead atoms. The van der Waals surface area contributed by atoms with Gasteiger partial charge in [-0.1, -0.05) is 10.3 Å². The van der Waals surface area contributed by atoms with E-state index in [4.69, 9.17) is 19.9 Å². The van der Waals surface area contributed by atoms with Crippen LogP contribution in [0.2, 0.25) is 0 Å². The fourth-order valence-corrected chi connectivity index (χ4v) is 3.99. The minimum atomic E-state index is 0.829. The van der Waals surface area contributed by atoms with Crippen LogP contribution in [0.5, 0.6) is 0 Å². The molecule has 0 aliphatic carbocycles. The molecule has 0 aromatic heterocycles. The van der Waals surface area contributed by atoms with Gasteiger partial charge in [0.2, 0.25) is 0 Å². The topological polar surface area (TPSA) is 90.1 Å². The largest absolute Gasteiger partial charge is 0.411 e. The summed E-state index contributed by atoms with van der Waals surface area (Å²) in [5.41, 5.74) is 1.90. The molecular formula is C24H48N4O4. The van der Waals surface area contributed by atoms with Crippen LogP contribution in [0.3, 0.4) is 0 Å². The van der Waals surface area contributed by atoms with E-state index in [0.29, 0.717) is 0 Å². The summed E-state index contributed by atoms with van der Waals surface area (Å²) < 4.78 is 10.6. The Morgan fingerprint density at radius 3 is 1.31 bits per heavy atom. The minimum Gasteiger partial charge on any atom is -0.411 e. The molecule has 2 aliphatic heterocycles. The highest BCUT2D eigenvalue weighted by atomic mass is 16.5. The summed E-state index contributed by atoms with van der Waals surface area (Å²) in [5, 5.41) is 23.8. The van der Waals surface area contributed by atoms with Crippen LogP contribution in [-0.4, -0.2) is 97.3 Å². The van der Waals surface area contributed by atoms with E-state index in [1.807, 2.05) is 13.8 Å². The molecule has 32 heavy (non-hydrogen) atoms. The molecule has 0 atom stereocenters. The van der Waals surface area contributed by atoms with Gasteiger partial charge in [-0.15, -0.1) is 0 Å². The zero-order valence-corrected chi connectivity index (χ0v) is 20.6. The lowest BCUT2D eigenvalue weighted by atomic mass is 10.1. The molecule has 8 nitrogen and oxygen atoms in total. The van der Waals surface area contributed by atoms with E-state index in [-0.39, 0.29) is 0 Å². The first kappa shape index (κ1) is 28.8. The number of oxime groups is 2. The molecule has 2 N–H and O–H groups in total. The molecule has 0 amide bonds. The van der Waals surface area contributed by atoms with Gasteiger partial charge < -0.3 is 29.7 Å². The number of piperidine rings is 2. The van der Waals surface area contributed by atoms with Gasteiger partial charge in [0.1, 0.15) is 0 Å². The van der Waals surface area contributed by atoms with E-state index >= 15 is 0 Å². The fraction of sp³-hybridized carbons (Fsp3) is 0.917. The summed E-state index contributed by atoms with van der Waals surface area (Å²) in [5.74, 6) is 0. The van der Waals surface area contributed by atoms with Gasteiger partial charge in [0.05, 0.1) is 11.4 Å². The number of ether oxygens (including phenoxy) is 2. The van der Waals surface area contributed by atoms with Crippen LogP contribution in [0.1, 0.15) is 78.1 Å². The number of likely N-dealkylation sites (tertiary alicyclic amines) is 2. The predicted molar refractivity (Wildman–Crippen MR) is 130 cm³/mol. The molecule has 2 aliphatic rings. The van der Waals surface area contributed by atoms with Crippen LogP contribution in [0.15, 0.2) is 10.3 Å². The lowest BCUT2D eigenvalue weighted by Crippen LogP contribution is -2.34. The minimum absolute atomic E-state index is 0.829. The van der Waals surface area contributed by atoms with Crippen LogP contribution >= 0.6 is 0 Å². The monoisotopic (exact) mass is 456 g/mol. The highest BCUT2D eigenvalue weighted by molar-refractivity contribution is 5.85. The highest BCUT2D eigenvalue weighted by Gasteiger charge is 2.15. The van der Waals surface area contributed by atoms with Crippen molar-refractivity contribution in [3.05, 3.63) is 0 Å². The first-order valence-electron chi connectivity index (χ1n) is 12.7. The molecule has 2 fully saturated rings. The van der Waals surface area contributed by atoms with Gasteiger partial charge >= 0.3 is 0 Å². The van der Waals surface area contributed by atoms with Gasteiger partial charge in [-0.3, -0.25) is 0 Å². The van der Waals surface area contributed by atoms with Gasteiger partial charge in [-0.2, -0.15) is 0 Å². The van der Waals surface area contributed by atoms with Crippen LogP contribution in [0, 0.1) is 0 Å². The van der Waals surface area contributed by atoms with Gasteiger partial charge in [0.25, 0.3) is 0 Å². The SMILES string of the molecule is CCOCCCCCN1CCC(=NO)CC1.CCOCCCCCN1CCC(=NO)CC1. The third kappa shape index (κ3) is 14.8. The van der Waals surface area contributed by atoms with E-state index in [1.54, 1.807) is 0 Å². The molecule has 0 spiro atoms. The molecule has 2 rings (SSSR count). The Morgan fingerprint density at radius 2 is 1.00 bits per heavy atom. The molecule has 2 saturated heterocycles. The Balaban J connectivity index is 0.000000320. The van der Waals surface area contributed by atoms with Crippen molar-refractivity contribution in [2.24, 2.45) is 10.3 Å². The Hall–Kier alpha value is -1.22. The maximum Gasteiger partial charge on any atom is 0.0596 e. The summed E-state index contributed by atoms with van der Waals surface area (Å²) in [7, 11) is 0. The van der Waals surface area contributed by atoms with Crippen molar-refractivity contribution in [1.29, 1.82) is 0 Å². The second-order valence-corrected chi connectivity index (χ2v) is 8.53. The van der Waals surface area contributed by atoms with Crippen molar-refractivity contribution in [2.45, 2.75) is 78.1 Å². The van der Waals surface area contributed by atoms with Gasteiger partial charge in [-0.25, -0.2) is 0 Å². The maximum absolute atomic E-state index is 8.63. The maximum atomic E-state index is 8.63. The lowest BCUT2D eigenvalue weighted by molar-refractivity contribution is 0.141. The molecule has 0 unspecified atom stereocenters. The quantitative estimate of drug-likeness (QED) is 0.231. The molecule has 8 heteroatoms. The van der Waals surface area contributed by atoms with Crippen molar-refractivity contribution in [2.75, 3.05) is 65.7 Å². The summed E-state index contributed by atoms with van der Waals surface area (Å²) in [6.45, 7) is 14.1. The lowest BCUT2D eigenvalue weighted by Gasteiger charge is -2.26. The molecule has 0 aromatic rings. The highest BCUT2D eigenvalue weighted by Crippen LogP contribution is 2.10. The van der Waals surface area contributed by atoms with E-state index in [0.717, 1.165) is 89.7 Å². The van der Waals surface area contributed by atoms with Crippen LogP contribution in [0.4, 0.5) is 0 Å². The molecule has 188 valence electrons. The Kier molecular flexibility index (Phi) is 18.4. The van der Waals surface area contributed by atoms with Gasteiger partial charge in [0.15, 0.2) is 0 Å². The third-order valence-electron chi connectivity index (χ3n) is 6.08. The van der Waals surface area contributed by atoms with Gasteiger partial charge in [0, 0.05) is 78.3 Å². The predicted octanol–water partition coefficient (Wildman–Crippen LogP) is 4.24. The second kappa shape index (κ2) is 20.4. The Morgan fingerprint density at radius 1 is 0.625 bits per heavy atom. The zero-order chi connectivity index (χ0) is 23.3. The van der Waals surface area contributed by atoms with Crippen LogP contribution in [0.25, 0.3) is 0 Å². The van der Waals surface area contributed by atoms with Crippen molar-refractivity contribution in [3.8, 4) is 0 Å². The standard InChI is InChI=1S/2C12H24N2O2/c2*1-2-16-11-5-3-4-8-14-9-6-12(13-15)7-10-14/h2*15H,2-11H2,1H3. The van der Waals surface area contributed by atoms with Crippen molar-refractivity contribution >= 4 is 11.4 Å². The third-order valence-corrected chi connectivity index (χ3v) is 6.08. The van der Waals surface area contributed by atoms with Crippen LogP contribution < -0.4 is 0 Å². The number of hydrogen-bond acceptors (Lipinski definition) is 8. The molecule has 0 saturated carbocycles. The van der Waals surface area contributed by atoms with Gasteiger partial charge in [-0.05, 0) is 65.5 Å². The first-order valence-corrected chi connectivity index (χ1v) is 12.7. The van der Waals surface area contributed by atoms with Crippen molar-refractivity contribution in [3.63, 3.8) is 0 Å². The zero-order valence-electron chi connectivity index (χ0n) is 20.6. The average molecular weight is 457 g/mol. The van der Waals surface area contributed by atoms with Crippen LogP contribution in [-0.2, 0) is 9.47 Å². The van der Waals surface area contributed by atoms with E-state index < -0.39 is 0 Å². The molecular weight excluding hydrogens is 408 g/mol. The Bertz CT molecular complexity index is 438. The normalized spacial score (nSPS) is 17.7. The molecule has 2 heterocycles. The molecule has 0 radical (unpaired) electrons. The van der Waals surface area contributed by atoms with E-state index in [2.05, 4.69) is 20.1 Å². The summed E-state index contributed by atoms with van der Waals surface area (Å²) >= 11 is 0. The average Bonchev–Trinajstić information content (AvgIpc) is 2.84. The van der Waals surface area contributed by atoms with Crippen molar-refractivity contribution < 1.29 is 19.9 Å². The van der Waals surface area contributed by atoms with Crippen molar-refractivity contribution in [1.82, 2.24) is 9.80 Å². The number of hydrogen-bond donors (Lipinski definition) is 2. The summed E-state index contributed by atoms with van der Waals surface area (Å²) in [6.07, 6.45) is 11.0. The number of unbranched alkanes of at least 4 members (excludes halogenated alkanes) is 4. The second-order valence-electron chi connectivity index (χ2n) is 8.53. The summed E-state index contributed by atoms with van der Waals surface area (Å²) in [4.78, 5) is 4.91.